The molecule has 0 fully saturated rings. The van der Waals surface area contributed by atoms with Crippen LogP contribution < -0.4 is 0 Å². The van der Waals surface area contributed by atoms with E-state index in [0.717, 1.165) is 49.8 Å². The molecule has 224 valence electrons. The van der Waals surface area contributed by atoms with Crippen molar-refractivity contribution in [3.8, 4) is 44.7 Å². The molecule has 0 aliphatic heterocycles. The number of hydrogen-bond acceptors (Lipinski definition) is 2. The largest absolute Gasteiger partial charge is 0.452 e. The highest BCUT2D eigenvalue weighted by Crippen LogP contribution is 2.48. The second-order valence-electron chi connectivity index (χ2n) is 12.4. The quantitative estimate of drug-likeness (QED) is 0.185. The van der Waals surface area contributed by atoms with E-state index >= 15 is 0 Å². The van der Waals surface area contributed by atoms with Gasteiger partial charge < -0.3 is 8.83 Å². The molecule has 2 heteroatoms. The minimum Gasteiger partial charge on any atom is -0.452 e. The third-order valence-electron chi connectivity index (χ3n) is 9.67. The average molecular weight is 613 g/mol. The van der Waals surface area contributed by atoms with Crippen LogP contribution in [0.2, 0.25) is 0 Å². The molecule has 0 unspecified atom stereocenters. The lowest BCUT2D eigenvalue weighted by Gasteiger charge is -2.18. The minimum absolute atomic E-state index is 0.775. The summed E-state index contributed by atoms with van der Waals surface area (Å²) in [5.41, 5.74) is 10.7. The van der Waals surface area contributed by atoms with Crippen LogP contribution in [0.4, 0.5) is 0 Å². The van der Waals surface area contributed by atoms with Crippen LogP contribution in [0.3, 0.4) is 0 Å². The Morgan fingerprint density at radius 3 is 1.62 bits per heavy atom. The Morgan fingerprint density at radius 2 is 0.917 bits per heavy atom. The lowest BCUT2D eigenvalue weighted by atomic mass is 9.84. The maximum Gasteiger partial charge on any atom is 0.178 e. The van der Waals surface area contributed by atoms with Gasteiger partial charge in [0, 0.05) is 21.7 Å². The summed E-state index contributed by atoms with van der Waals surface area (Å²) >= 11 is 0. The molecule has 2 nitrogen and oxygen atoms in total. The van der Waals surface area contributed by atoms with Gasteiger partial charge >= 0.3 is 0 Å². The number of hydrogen-bond donors (Lipinski definition) is 0. The topological polar surface area (TPSA) is 26.3 Å². The first-order valence-corrected chi connectivity index (χ1v) is 16.3. The molecule has 2 heterocycles. The number of furan rings is 2. The summed E-state index contributed by atoms with van der Waals surface area (Å²) in [6.45, 7) is 0. The molecule has 8 aromatic carbocycles. The molecule has 0 aliphatic carbocycles. The van der Waals surface area contributed by atoms with Gasteiger partial charge in [-0.1, -0.05) is 146 Å². The number of fused-ring (bicyclic) bond motifs is 7. The predicted molar refractivity (Wildman–Crippen MR) is 200 cm³/mol. The van der Waals surface area contributed by atoms with Gasteiger partial charge in [0.05, 0.1) is 0 Å². The van der Waals surface area contributed by atoms with Crippen LogP contribution in [-0.2, 0) is 0 Å². The SMILES string of the molecule is c1ccc(-c2cccc(-c3c4ccccc4c(-c4cccc5oc6c(ccc7cc(-c8ccccc8)oc76)c45)c4ccccc34)c2)cc1. The van der Waals surface area contributed by atoms with Crippen molar-refractivity contribution in [2.75, 3.05) is 0 Å². The molecule has 10 rings (SSSR count). The minimum atomic E-state index is 0.775. The molecule has 2 aromatic heterocycles. The van der Waals surface area contributed by atoms with Gasteiger partial charge in [-0.2, -0.15) is 0 Å². The molecular formula is C46H28O2. The van der Waals surface area contributed by atoms with Gasteiger partial charge in [0.25, 0.3) is 0 Å². The van der Waals surface area contributed by atoms with E-state index in [0.29, 0.717) is 0 Å². The highest BCUT2D eigenvalue weighted by atomic mass is 16.4. The molecule has 0 spiro atoms. The van der Waals surface area contributed by atoms with E-state index in [9.17, 15) is 0 Å². The lowest BCUT2D eigenvalue weighted by Crippen LogP contribution is -1.91. The van der Waals surface area contributed by atoms with Crippen LogP contribution in [-0.4, -0.2) is 0 Å². The summed E-state index contributed by atoms with van der Waals surface area (Å²) in [5, 5.41) is 8.05. The van der Waals surface area contributed by atoms with Crippen LogP contribution in [0.5, 0.6) is 0 Å². The summed E-state index contributed by atoms with van der Waals surface area (Å²) in [6.07, 6.45) is 0. The number of rotatable bonds is 4. The molecule has 0 saturated carbocycles. The maximum absolute atomic E-state index is 6.66. The highest BCUT2D eigenvalue weighted by Gasteiger charge is 2.22. The van der Waals surface area contributed by atoms with E-state index < -0.39 is 0 Å². The monoisotopic (exact) mass is 612 g/mol. The summed E-state index contributed by atoms with van der Waals surface area (Å²) in [7, 11) is 0. The molecule has 0 saturated heterocycles. The van der Waals surface area contributed by atoms with Crippen molar-refractivity contribution >= 4 is 54.5 Å². The Hall–Kier alpha value is -6.38. The molecular weight excluding hydrogens is 585 g/mol. The fraction of sp³-hybridized carbons (Fsp3) is 0. The molecule has 0 atom stereocenters. The van der Waals surface area contributed by atoms with Crippen molar-refractivity contribution in [2.24, 2.45) is 0 Å². The fourth-order valence-corrected chi connectivity index (χ4v) is 7.55. The van der Waals surface area contributed by atoms with E-state index in [4.69, 9.17) is 8.83 Å². The standard InChI is InChI=1S/C46H28O2/c1-3-13-29(14-4-1)31-17-11-18-32(27-31)42-34-19-7-9-21-36(34)43(37-22-10-8-20-35(37)42)38-23-12-24-40-44(38)39-26-25-33-28-41(30-15-5-2-6-16-30)48-45(33)46(39)47-40/h1-28H. The Balaban J connectivity index is 1.25. The molecule has 0 amide bonds. The molecule has 0 aliphatic rings. The first-order valence-electron chi connectivity index (χ1n) is 16.3. The van der Waals surface area contributed by atoms with Crippen LogP contribution >= 0.6 is 0 Å². The summed E-state index contributed by atoms with van der Waals surface area (Å²) < 4.78 is 13.2. The van der Waals surface area contributed by atoms with Crippen LogP contribution in [0.15, 0.2) is 179 Å². The fourth-order valence-electron chi connectivity index (χ4n) is 7.55. The third-order valence-corrected chi connectivity index (χ3v) is 9.67. The van der Waals surface area contributed by atoms with Gasteiger partial charge in [-0.25, -0.2) is 0 Å². The van der Waals surface area contributed by atoms with Crippen molar-refractivity contribution in [1.29, 1.82) is 0 Å². The van der Waals surface area contributed by atoms with Gasteiger partial charge in [0.15, 0.2) is 11.2 Å². The zero-order valence-electron chi connectivity index (χ0n) is 26.0. The van der Waals surface area contributed by atoms with Gasteiger partial charge in [0.1, 0.15) is 11.3 Å². The van der Waals surface area contributed by atoms with E-state index in [1.165, 1.54) is 49.4 Å². The maximum atomic E-state index is 6.66. The normalized spacial score (nSPS) is 11.8. The Morgan fingerprint density at radius 1 is 0.333 bits per heavy atom. The van der Waals surface area contributed by atoms with Gasteiger partial charge in [-0.15, -0.1) is 0 Å². The number of benzene rings is 8. The zero-order chi connectivity index (χ0) is 31.6. The van der Waals surface area contributed by atoms with Crippen molar-refractivity contribution in [1.82, 2.24) is 0 Å². The summed E-state index contributed by atoms with van der Waals surface area (Å²) in [4.78, 5) is 0. The van der Waals surface area contributed by atoms with E-state index in [1.54, 1.807) is 0 Å². The van der Waals surface area contributed by atoms with Crippen LogP contribution in [0, 0.1) is 0 Å². The lowest BCUT2D eigenvalue weighted by molar-refractivity contribution is 0.611. The second kappa shape index (κ2) is 10.6. The van der Waals surface area contributed by atoms with Crippen molar-refractivity contribution in [2.45, 2.75) is 0 Å². The Labute approximate surface area is 277 Å². The van der Waals surface area contributed by atoms with E-state index in [1.807, 2.05) is 18.2 Å². The zero-order valence-corrected chi connectivity index (χ0v) is 26.0. The molecule has 0 bridgehead atoms. The third kappa shape index (κ3) is 4.06. The van der Waals surface area contributed by atoms with Gasteiger partial charge in [0.2, 0.25) is 0 Å². The van der Waals surface area contributed by atoms with Gasteiger partial charge in [-0.3, -0.25) is 0 Å². The van der Waals surface area contributed by atoms with Crippen molar-refractivity contribution in [3.05, 3.63) is 170 Å². The van der Waals surface area contributed by atoms with E-state index in [-0.39, 0.29) is 0 Å². The first kappa shape index (κ1) is 26.8. The highest BCUT2D eigenvalue weighted by molar-refractivity contribution is 6.26. The first-order chi connectivity index (χ1) is 23.8. The summed E-state index contributed by atoms with van der Waals surface area (Å²) in [5.74, 6) is 0.836. The Kier molecular flexibility index (Phi) is 5.91. The van der Waals surface area contributed by atoms with Crippen molar-refractivity contribution < 1.29 is 8.83 Å². The summed E-state index contributed by atoms with van der Waals surface area (Å²) in [6, 6.07) is 60.3. The molecule has 0 N–H and O–H groups in total. The van der Waals surface area contributed by atoms with Gasteiger partial charge in [-0.05, 0) is 79.2 Å². The Bertz CT molecular complexity index is 2760. The predicted octanol–water partition coefficient (Wildman–Crippen LogP) is 13.3. The molecule has 48 heavy (non-hydrogen) atoms. The second-order valence-corrected chi connectivity index (χ2v) is 12.4. The van der Waals surface area contributed by atoms with Crippen LogP contribution in [0.25, 0.3) is 99.2 Å². The van der Waals surface area contributed by atoms with E-state index in [2.05, 4.69) is 152 Å². The van der Waals surface area contributed by atoms with Crippen LogP contribution in [0.1, 0.15) is 0 Å². The smallest absolute Gasteiger partial charge is 0.178 e. The average Bonchev–Trinajstić information content (AvgIpc) is 3.77. The molecule has 10 aromatic rings. The molecule has 0 radical (unpaired) electrons. The van der Waals surface area contributed by atoms with Crippen molar-refractivity contribution in [3.63, 3.8) is 0 Å².